The molecule has 0 spiro atoms. The second-order valence-corrected chi connectivity index (χ2v) is 16.4. The van der Waals surface area contributed by atoms with Crippen molar-refractivity contribution in [3.8, 4) is 5.75 Å². The highest BCUT2D eigenvalue weighted by Gasteiger charge is 2.33. The van der Waals surface area contributed by atoms with Crippen LogP contribution in [0.15, 0.2) is 63.2 Å². The Labute approximate surface area is 268 Å². The molecule has 21 heteroatoms. The van der Waals surface area contributed by atoms with Gasteiger partial charge in [-0.2, -0.15) is 30.0 Å². The van der Waals surface area contributed by atoms with E-state index in [1.54, 1.807) is 0 Å². The fourth-order valence-corrected chi connectivity index (χ4v) is 8.61. The minimum Gasteiger partial charge on any atom is -0.507 e. The van der Waals surface area contributed by atoms with Crippen LogP contribution in [-0.4, -0.2) is 89.1 Å². The summed E-state index contributed by atoms with van der Waals surface area (Å²) in [7, 11) is -20.3. The SMILES string of the molecule is C=C(C)C(=O)NCCCNC(=O)C(CS(=O)(=O)O)NS(=O)(=O)c1cc(O)c2ccc3c(S(=O)(=O)O)cc(S(=O)(=O)O)c4ccc1c2c34. The number of benzene rings is 4. The van der Waals surface area contributed by atoms with E-state index in [2.05, 4.69) is 17.2 Å². The summed E-state index contributed by atoms with van der Waals surface area (Å²) in [6, 6.07) is 3.51. The van der Waals surface area contributed by atoms with Crippen LogP contribution in [0.5, 0.6) is 5.75 Å². The molecule has 0 aromatic heterocycles. The van der Waals surface area contributed by atoms with Crippen LogP contribution in [0.3, 0.4) is 0 Å². The first-order chi connectivity index (χ1) is 21.5. The normalized spacial score (nSPS) is 13.6. The van der Waals surface area contributed by atoms with Gasteiger partial charge in [0.1, 0.15) is 27.3 Å². The summed E-state index contributed by atoms with van der Waals surface area (Å²) in [6.07, 6.45) is 0.135. The molecule has 17 nitrogen and oxygen atoms in total. The van der Waals surface area contributed by atoms with Crippen molar-refractivity contribution in [2.75, 3.05) is 18.8 Å². The van der Waals surface area contributed by atoms with Crippen LogP contribution in [-0.2, 0) is 50.0 Å². The Kier molecular flexibility index (Phi) is 9.60. The van der Waals surface area contributed by atoms with Gasteiger partial charge in [0.15, 0.2) is 0 Å². The van der Waals surface area contributed by atoms with E-state index < -0.39 is 84.4 Å². The lowest BCUT2D eigenvalue weighted by molar-refractivity contribution is -0.122. The number of phenolic OH excluding ortho intramolecular Hbond substituents is 1. The van der Waals surface area contributed by atoms with E-state index in [0.717, 1.165) is 24.3 Å². The molecule has 0 aliphatic carbocycles. The molecule has 0 heterocycles. The molecule has 0 fully saturated rings. The number of nitrogens with one attached hydrogen (secondary N) is 3. The first kappa shape index (κ1) is 35.9. The molecule has 0 saturated heterocycles. The molecule has 4 aromatic carbocycles. The number of carbonyl (C=O) groups excluding carboxylic acids is 2. The topological polar surface area (TPSA) is 288 Å². The molecule has 254 valence electrons. The van der Waals surface area contributed by atoms with Crippen LogP contribution in [0.25, 0.3) is 32.3 Å². The Morgan fingerprint density at radius 1 is 0.745 bits per heavy atom. The zero-order valence-electron chi connectivity index (χ0n) is 24.1. The summed E-state index contributed by atoms with van der Waals surface area (Å²) in [4.78, 5) is 21.8. The molecule has 47 heavy (non-hydrogen) atoms. The molecule has 4 rings (SSSR count). The van der Waals surface area contributed by atoms with E-state index in [1.807, 2.05) is 4.72 Å². The molecule has 0 aliphatic heterocycles. The van der Waals surface area contributed by atoms with Gasteiger partial charge in [-0.1, -0.05) is 24.8 Å². The van der Waals surface area contributed by atoms with Crippen LogP contribution < -0.4 is 15.4 Å². The highest BCUT2D eigenvalue weighted by Crippen LogP contribution is 2.44. The molecule has 0 bridgehead atoms. The van der Waals surface area contributed by atoms with Gasteiger partial charge in [-0.3, -0.25) is 23.2 Å². The number of aromatic hydroxyl groups is 1. The Bertz CT molecular complexity index is 2360. The first-order valence-electron chi connectivity index (χ1n) is 13.1. The molecule has 0 radical (unpaired) electrons. The zero-order valence-corrected chi connectivity index (χ0v) is 27.3. The third kappa shape index (κ3) is 7.62. The quantitative estimate of drug-likeness (QED) is 0.0427. The number of sulfonamides is 1. The minimum atomic E-state index is -5.14. The Morgan fingerprint density at radius 2 is 1.21 bits per heavy atom. The van der Waals surface area contributed by atoms with Crippen molar-refractivity contribution < 1.29 is 62.0 Å². The van der Waals surface area contributed by atoms with Gasteiger partial charge in [0, 0.05) is 57.0 Å². The summed E-state index contributed by atoms with van der Waals surface area (Å²) in [5.74, 6) is -3.79. The summed E-state index contributed by atoms with van der Waals surface area (Å²) >= 11 is 0. The monoisotopic (exact) mass is 733 g/mol. The van der Waals surface area contributed by atoms with Crippen LogP contribution in [0.2, 0.25) is 0 Å². The zero-order chi connectivity index (χ0) is 35.3. The molecule has 0 saturated carbocycles. The molecule has 0 aliphatic rings. The average molecular weight is 734 g/mol. The largest absolute Gasteiger partial charge is 0.507 e. The van der Waals surface area contributed by atoms with Crippen molar-refractivity contribution in [3.05, 3.63) is 48.6 Å². The van der Waals surface area contributed by atoms with Crippen LogP contribution >= 0.6 is 0 Å². The van der Waals surface area contributed by atoms with Gasteiger partial charge in [-0.05, 0) is 25.5 Å². The molecule has 1 unspecified atom stereocenters. The number of phenols is 1. The predicted molar refractivity (Wildman–Crippen MR) is 167 cm³/mol. The van der Waals surface area contributed by atoms with Crippen molar-refractivity contribution in [1.29, 1.82) is 0 Å². The summed E-state index contributed by atoms with van der Waals surface area (Å²) < 4.78 is 131. The third-order valence-electron chi connectivity index (χ3n) is 6.93. The van der Waals surface area contributed by atoms with E-state index in [-0.39, 0.29) is 57.4 Å². The highest BCUT2D eigenvalue weighted by atomic mass is 32.2. The molecule has 2 amide bonds. The first-order valence-corrected chi connectivity index (χ1v) is 19.1. The van der Waals surface area contributed by atoms with Gasteiger partial charge in [0.25, 0.3) is 30.4 Å². The number of rotatable bonds is 13. The van der Waals surface area contributed by atoms with Gasteiger partial charge in [-0.15, -0.1) is 0 Å². The van der Waals surface area contributed by atoms with Gasteiger partial charge in [0.2, 0.25) is 21.8 Å². The van der Waals surface area contributed by atoms with Crippen LogP contribution in [0.1, 0.15) is 13.3 Å². The minimum absolute atomic E-state index is 0.0707. The Hall–Kier alpha value is -3.96. The number of hydrogen-bond donors (Lipinski definition) is 7. The van der Waals surface area contributed by atoms with E-state index in [1.165, 1.54) is 13.0 Å². The maximum absolute atomic E-state index is 13.7. The van der Waals surface area contributed by atoms with E-state index in [9.17, 15) is 62.0 Å². The maximum atomic E-state index is 13.7. The average Bonchev–Trinajstić information content (AvgIpc) is 2.93. The fourth-order valence-electron chi connectivity index (χ4n) is 4.93. The van der Waals surface area contributed by atoms with Gasteiger partial charge >= 0.3 is 0 Å². The summed E-state index contributed by atoms with van der Waals surface area (Å²) in [6.45, 7) is 4.84. The lowest BCUT2D eigenvalue weighted by atomic mass is 9.94. The van der Waals surface area contributed by atoms with E-state index in [0.29, 0.717) is 6.07 Å². The van der Waals surface area contributed by atoms with Crippen molar-refractivity contribution in [2.24, 2.45) is 0 Å². The van der Waals surface area contributed by atoms with E-state index in [4.69, 9.17) is 0 Å². The van der Waals surface area contributed by atoms with Crippen molar-refractivity contribution in [1.82, 2.24) is 15.4 Å². The Balaban J connectivity index is 1.84. The van der Waals surface area contributed by atoms with Gasteiger partial charge in [-0.25, -0.2) is 8.42 Å². The number of amides is 2. The second kappa shape index (κ2) is 12.6. The van der Waals surface area contributed by atoms with Crippen molar-refractivity contribution in [2.45, 2.75) is 34.1 Å². The molecule has 4 aromatic rings. The maximum Gasteiger partial charge on any atom is 0.295 e. The molecule has 7 N–H and O–H groups in total. The number of carbonyl (C=O) groups is 2. The number of hydrogen-bond acceptors (Lipinski definition) is 11. The smallest absolute Gasteiger partial charge is 0.295 e. The van der Waals surface area contributed by atoms with E-state index >= 15 is 0 Å². The summed E-state index contributed by atoms with van der Waals surface area (Å²) in [5, 5.41) is 14.1. The Morgan fingerprint density at radius 3 is 1.70 bits per heavy atom. The summed E-state index contributed by atoms with van der Waals surface area (Å²) in [5.41, 5.74) is 0.229. The van der Waals surface area contributed by atoms with Crippen LogP contribution in [0.4, 0.5) is 0 Å². The van der Waals surface area contributed by atoms with Crippen molar-refractivity contribution in [3.63, 3.8) is 0 Å². The van der Waals surface area contributed by atoms with Gasteiger partial charge < -0.3 is 15.7 Å². The van der Waals surface area contributed by atoms with Crippen molar-refractivity contribution >= 4 is 84.5 Å². The predicted octanol–water partition coefficient (Wildman–Crippen LogP) is 0.516. The fraction of sp³-hybridized carbons (Fsp3) is 0.231. The molecular weight excluding hydrogens is 707 g/mol. The highest BCUT2D eigenvalue weighted by molar-refractivity contribution is 7.90. The third-order valence-corrected chi connectivity index (χ3v) is 11.0. The second-order valence-electron chi connectivity index (χ2n) is 10.4. The lowest BCUT2D eigenvalue weighted by Crippen LogP contribution is -2.50. The molecular formula is C26H27N3O14S4. The van der Waals surface area contributed by atoms with Crippen LogP contribution in [0, 0.1) is 0 Å². The lowest BCUT2D eigenvalue weighted by Gasteiger charge is -2.20. The molecule has 1 atom stereocenters. The standard InChI is InChI=1S/C26H27N3O14S4/c1-13(2)25(31)27-8-3-9-28-26(32)18(12-44(33,34)35)29-45(36,37)20-10-19(30)14-4-5-16-21(46(38,39)40)11-22(47(41,42)43)17-7-6-15(20)23(14)24(16)17/h4-7,10-11,18,29-30H,1,3,8-9,12H2,2H3,(H,27,31)(H,28,32)(H,33,34,35)(H,38,39,40)(H,41,42,43). The van der Waals surface area contributed by atoms with Gasteiger partial charge in [0.05, 0.1) is 4.90 Å².